The molecule has 0 saturated heterocycles. The van der Waals surface area contributed by atoms with Gasteiger partial charge >= 0.3 is 0 Å². The number of hydrogen-bond donors (Lipinski definition) is 1. The van der Waals surface area contributed by atoms with Crippen LogP contribution in [0.15, 0.2) is 65.8 Å². The number of nitrogens with zero attached hydrogens (tertiary/aromatic N) is 1. The summed E-state index contributed by atoms with van der Waals surface area (Å²) in [5.41, 5.74) is 3.88. The first-order valence-corrected chi connectivity index (χ1v) is 9.96. The Bertz CT molecular complexity index is 1000. The highest BCUT2D eigenvalue weighted by Gasteiger charge is 2.16. The third-order valence-corrected chi connectivity index (χ3v) is 5.64. The van der Waals surface area contributed by atoms with Gasteiger partial charge in [-0.2, -0.15) is 0 Å². The molecule has 1 aromatic carbocycles. The zero-order valence-corrected chi connectivity index (χ0v) is 15.9. The van der Waals surface area contributed by atoms with Crippen LogP contribution in [0.5, 0.6) is 0 Å². The van der Waals surface area contributed by atoms with Gasteiger partial charge in [0.1, 0.15) is 0 Å². The Kier molecular flexibility index (Phi) is 5.47. The number of carbonyl (C=O) groups excluding carboxylic acids is 1. The number of aromatic nitrogens is 2. The smallest absolute Gasteiger partial charge is 0.258 e. The van der Waals surface area contributed by atoms with E-state index in [9.17, 15) is 9.59 Å². The summed E-state index contributed by atoms with van der Waals surface area (Å²) in [6.07, 6.45) is 11.7. The molecular formula is C24H24N2O2. The van der Waals surface area contributed by atoms with Crippen LogP contribution in [0.3, 0.4) is 0 Å². The number of H-pyrrole nitrogens is 1. The monoisotopic (exact) mass is 372 g/mol. The van der Waals surface area contributed by atoms with E-state index in [4.69, 9.17) is 0 Å². The molecule has 3 aromatic rings. The molecule has 4 rings (SSSR count). The van der Waals surface area contributed by atoms with Crippen LogP contribution in [0.2, 0.25) is 0 Å². The van der Waals surface area contributed by atoms with E-state index in [0.29, 0.717) is 5.92 Å². The van der Waals surface area contributed by atoms with Crippen LogP contribution in [-0.2, 0) is 6.42 Å². The van der Waals surface area contributed by atoms with E-state index in [1.165, 1.54) is 37.7 Å². The molecular weight excluding hydrogens is 348 g/mol. The molecule has 1 saturated carbocycles. The van der Waals surface area contributed by atoms with Gasteiger partial charge in [-0.25, -0.2) is 0 Å². The highest BCUT2D eigenvalue weighted by molar-refractivity contribution is 5.98. The maximum Gasteiger partial charge on any atom is 0.258 e. The van der Waals surface area contributed by atoms with Gasteiger partial charge in [-0.3, -0.25) is 14.6 Å². The van der Waals surface area contributed by atoms with Crippen molar-refractivity contribution < 1.29 is 4.79 Å². The predicted octanol–water partition coefficient (Wildman–Crippen LogP) is 4.91. The number of hydrogen-bond acceptors (Lipinski definition) is 3. The first kappa shape index (κ1) is 18.4. The van der Waals surface area contributed by atoms with E-state index in [2.05, 4.69) is 22.1 Å². The van der Waals surface area contributed by atoms with Crippen LogP contribution < -0.4 is 5.56 Å². The van der Waals surface area contributed by atoms with Gasteiger partial charge in [0.2, 0.25) is 0 Å². The SMILES string of the molecule is O=C(Cc1ccc(C2CCCCC2)cc1)c1cc(-c2ccncc2)c[nH]c1=O. The summed E-state index contributed by atoms with van der Waals surface area (Å²) in [5.74, 6) is 0.487. The van der Waals surface area contributed by atoms with Gasteiger partial charge in [0, 0.05) is 25.0 Å². The minimum atomic E-state index is -0.346. The van der Waals surface area contributed by atoms with E-state index in [1.54, 1.807) is 24.7 Å². The number of carbonyl (C=O) groups is 1. The fraction of sp³-hybridized carbons (Fsp3) is 0.292. The summed E-state index contributed by atoms with van der Waals surface area (Å²) in [5, 5.41) is 0. The largest absolute Gasteiger partial charge is 0.328 e. The van der Waals surface area contributed by atoms with Gasteiger partial charge in [-0.05, 0) is 59.2 Å². The Hall–Kier alpha value is -3.01. The summed E-state index contributed by atoms with van der Waals surface area (Å²) in [7, 11) is 0. The highest BCUT2D eigenvalue weighted by atomic mass is 16.1. The Morgan fingerprint density at radius 1 is 0.964 bits per heavy atom. The van der Waals surface area contributed by atoms with E-state index in [-0.39, 0.29) is 23.3 Å². The van der Waals surface area contributed by atoms with Crippen molar-refractivity contribution in [3.8, 4) is 11.1 Å². The number of nitrogens with one attached hydrogen (secondary N) is 1. The molecule has 0 unspecified atom stereocenters. The lowest BCUT2D eigenvalue weighted by Crippen LogP contribution is -2.19. The van der Waals surface area contributed by atoms with Gasteiger partial charge in [0.05, 0.1) is 5.56 Å². The van der Waals surface area contributed by atoms with Crippen molar-refractivity contribution in [2.45, 2.75) is 44.4 Å². The molecule has 0 aliphatic heterocycles. The van der Waals surface area contributed by atoms with Gasteiger partial charge in [-0.15, -0.1) is 0 Å². The second kappa shape index (κ2) is 8.34. The molecule has 1 fully saturated rings. The third kappa shape index (κ3) is 4.11. The minimum Gasteiger partial charge on any atom is -0.328 e. The van der Waals surface area contributed by atoms with E-state index in [0.717, 1.165) is 16.7 Å². The molecule has 1 aliphatic rings. The molecule has 0 amide bonds. The maximum absolute atomic E-state index is 12.8. The summed E-state index contributed by atoms with van der Waals surface area (Å²) in [4.78, 5) is 31.7. The summed E-state index contributed by atoms with van der Waals surface area (Å²) < 4.78 is 0. The van der Waals surface area contributed by atoms with Crippen molar-refractivity contribution in [2.24, 2.45) is 0 Å². The summed E-state index contributed by atoms with van der Waals surface area (Å²) in [6.45, 7) is 0. The molecule has 0 atom stereocenters. The number of rotatable bonds is 5. The van der Waals surface area contributed by atoms with Crippen LogP contribution in [0.1, 0.15) is 59.5 Å². The van der Waals surface area contributed by atoms with E-state index >= 15 is 0 Å². The zero-order valence-electron chi connectivity index (χ0n) is 15.9. The molecule has 142 valence electrons. The molecule has 0 spiro atoms. The van der Waals surface area contributed by atoms with Crippen LogP contribution in [-0.4, -0.2) is 15.8 Å². The van der Waals surface area contributed by atoms with Crippen molar-refractivity contribution in [3.05, 3.63) is 88.1 Å². The van der Waals surface area contributed by atoms with Crippen LogP contribution in [0.4, 0.5) is 0 Å². The lowest BCUT2D eigenvalue weighted by atomic mass is 9.84. The Morgan fingerprint density at radius 3 is 2.39 bits per heavy atom. The highest BCUT2D eigenvalue weighted by Crippen LogP contribution is 2.32. The van der Waals surface area contributed by atoms with Crippen molar-refractivity contribution in [1.29, 1.82) is 0 Å². The average molecular weight is 372 g/mol. The number of pyridine rings is 2. The topological polar surface area (TPSA) is 62.8 Å². The number of aromatic amines is 1. The third-order valence-electron chi connectivity index (χ3n) is 5.64. The van der Waals surface area contributed by atoms with Gasteiger partial charge in [-0.1, -0.05) is 43.5 Å². The predicted molar refractivity (Wildman–Crippen MR) is 111 cm³/mol. The van der Waals surface area contributed by atoms with Crippen molar-refractivity contribution in [2.75, 3.05) is 0 Å². The molecule has 4 heteroatoms. The summed E-state index contributed by atoms with van der Waals surface area (Å²) >= 11 is 0. The molecule has 0 bridgehead atoms. The molecule has 2 heterocycles. The van der Waals surface area contributed by atoms with E-state index in [1.807, 2.05) is 24.3 Å². The maximum atomic E-state index is 12.8. The van der Waals surface area contributed by atoms with Crippen molar-refractivity contribution >= 4 is 5.78 Å². The first-order chi connectivity index (χ1) is 13.7. The molecule has 2 aromatic heterocycles. The second-order valence-electron chi connectivity index (χ2n) is 7.54. The molecule has 4 nitrogen and oxygen atoms in total. The van der Waals surface area contributed by atoms with Crippen LogP contribution in [0.25, 0.3) is 11.1 Å². The van der Waals surface area contributed by atoms with Gasteiger partial charge in [0.15, 0.2) is 5.78 Å². The van der Waals surface area contributed by atoms with Gasteiger partial charge in [0.25, 0.3) is 5.56 Å². The van der Waals surface area contributed by atoms with Crippen LogP contribution >= 0.6 is 0 Å². The number of Topliss-reactive ketones (excluding diaryl/α,β-unsaturated/α-hetero) is 1. The standard InChI is InChI=1S/C24H24N2O2/c27-23(14-17-6-8-19(9-7-17)18-4-2-1-3-5-18)22-15-21(16-26-24(22)28)20-10-12-25-13-11-20/h6-13,15-16,18H,1-5,14H2,(H,26,28). The van der Waals surface area contributed by atoms with Gasteiger partial charge < -0.3 is 4.98 Å². The lowest BCUT2D eigenvalue weighted by Gasteiger charge is -2.22. The lowest BCUT2D eigenvalue weighted by molar-refractivity contribution is 0.0991. The zero-order chi connectivity index (χ0) is 19.3. The second-order valence-corrected chi connectivity index (χ2v) is 7.54. The normalized spacial score (nSPS) is 14.7. The summed E-state index contributed by atoms with van der Waals surface area (Å²) in [6, 6.07) is 13.7. The molecule has 0 radical (unpaired) electrons. The quantitative estimate of drug-likeness (QED) is 0.647. The van der Waals surface area contributed by atoms with E-state index < -0.39 is 0 Å². The fourth-order valence-corrected chi connectivity index (χ4v) is 4.03. The van der Waals surface area contributed by atoms with Crippen molar-refractivity contribution in [1.82, 2.24) is 9.97 Å². The number of ketones is 1. The molecule has 1 aliphatic carbocycles. The average Bonchev–Trinajstić information content (AvgIpc) is 2.76. The number of benzene rings is 1. The Balaban J connectivity index is 1.51. The molecule has 1 N–H and O–H groups in total. The first-order valence-electron chi connectivity index (χ1n) is 9.96. The van der Waals surface area contributed by atoms with Crippen LogP contribution in [0, 0.1) is 0 Å². The Labute approximate surface area is 164 Å². The molecule has 28 heavy (non-hydrogen) atoms. The fourth-order valence-electron chi connectivity index (χ4n) is 4.03. The Morgan fingerprint density at radius 2 is 1.68 bits per heavy atom. The van der Waals surface area contributed by atoms with Crippen molar-refractivity contribution in [3.63, 3.8) is 0 Å². The minimum absolute atomic E-state index is 0.164.